The lowest BCUT2D eigenvalue weighted by molar-refractivity contribution is 0.126. The Bertz CT molecular complexity index is 779. The van der Waals surface area contributed by atoms with Crippen LogP contribution in [-0.2, 0) is 0 Å². The fraction of sp³-hybridized carbons (Fsp3) is 0.235. The summed E-state index contributed by atoms with van der Waals surface area (Å²) in [6.07, 6.45) is -0.614. The van der Waals surface area contributed by atoms with Crippen LogP contribution in [0.5, 0.6) is 5.75 Å². The zero-order chi connectivity index (χ0) is 16.8. The molecule has 0 fully saturated rings. The average Bonchev–Trinajstić information content (AvgIpc) is 3.07. The number of aryl methyl sites for hydroxylation is 1. The molecule has 0 aliphatic heterocycles. The lowest BCUT2D eigenvalue weighted by Crippen LogP contribution is -2.20. The normalized spacial score (nSPS) is 12.1. The summed E-state index contributed by atoms with van der Waals surface area (Å²) < 4.78 is 7.26. The first-order valence-electron chi connectivity index (χ1n) is 7.56. The molecular formula is C17H18N4O2S. The number of benzene rings is 2. The number of aliphatic hydroxyl groups is 1. The van der Waals surface area contributed by atoms with Crippen molar-refractivity contribution in [1.82, 2.24) is 20.2 Å². The summed E-state index contributed by atoms with van der Waals surface area (Å²) in [4.78, 5) is 0. The smallest absolute Gasteiger partial charge is 0.214 e. The first-order chi connectivity index (χ1) is 11.7. The van der Waals surface area contributed by atoms with Crippen LogP contribution in [0, 0.1) is 6.92 Å². The highest BCUT2D eigenvalue weighted by Gasteiger charge is 2.12. The standard InChI is InChI=1S/C17H18N4O2S/c1-13-6-5-9-16(10-13)23-11-15(22)12-24-17-18-19-20-21(17)14-7-3-2-4-8-14/h2-10,15,22H,11-12H2,1H3/t15-/m1/s1. The second-order valence-electron chi connectivity index (χ2n) is 5.30. The van der Waals surface area contributed by atoms with Crippen LogP contribution in [0.4, 0.5) is 0 Å². The molecule has 0 bridgehead atoms. The Balaban J connectivity index is 1.54. The van der Waals surface area contributed by atoms with E-state index in [1.54, 1.807) is 4.68 Å². The number of rotatable bonds is 7. The van der Waals surface area contributed by atoms with Crippen molar-refractivity contribution >= 4 is 11.8 Å². The van der Waals surface area contributed by atoms with Crippen molar-refractivity contribution in [3.63, 3.8) is 0 Å². The van der Waals surface area contributed by atoms with Gasteiger partial charge in [0.1, 0.15) is 12.4 Å². The molecule has 6 nitrogen and oxygen atoms in total. The fourth-order valence-corrected chi connectivity index (χ4v) is 2.91. The molecule has 1 atom stereocenters. The van der Waals surface area contributed by atoms with E-state index in [0.29, 0.717) is 10.9 Å². The first-order valence-corrected chi connectivity index (χ1v) is 8.55. The van der Waals surface area contributed by atoms with Crippen LogP contribution in [0.25, 0.3) is 5.69 Å². The number of nitrogens with zero attached hydrogens (tertiary/aromatic N) is 4. The van der Waals surface area contributed by atoms with Crippen molar-refractivity contribution in [2.75, 3.05) is 12.4 Å². The van der Waals surface area contributed by atoms with Crippen molar-refractivity contribution < 1.29 is 9.84 Å². The second-order valence-corrected chi connectivity index (χ2v) is 6.29. The van der Waals surface area contributed by atoms with Gasteiger partial charge >= 0.3 is 0 Å². The molecule has 0 amide bonds. The van der Waals surface area contributed by atoms with Crippen LogP contribution in [-0.4, -0.2) is 43.8 Å². The highest BCUT2D eigenvalue weighted by molar-refractivity contribution is 7.99. The number of tetrazole rings is 1. The largest absolute Gasteiger partial charge is 0.491 e. The number of thioether (sulfide) groups is 1. The minimum Gasteiger partial charge on any atom is -0.491 e. The van der Waals surface area contributed by atoms with Crippen molar-refractivity contribution in [2.24, 2.45) is 0 Å². The third-order valence-electron chi connectivity index (χ3n) is 3.28. The molecule has 24 heavy (non-hydrogen) atoms. The molecule has 7 heteroatoms. The van der Waals surface area contributed by atoms with Gasteiger partial charge in [-0.3, -0.25) is 0 Å². The third-order valence-corrected chi connectivity index (χ3v) is 4.34. The third kappa shape index (κ3) is 4.33. The van der Waals surface area contributed by atoms with Crippen LogP contribution in [0.2, 0.25) is 0 Å². The van der Waals surface area contributed by atoms with Crippen molar-refractivity contribution in [1.29, 1.82) is 0 Å². The Hall–Kier alpha value is -2.38. The summed E-state index contributed by atoms with van der Waals surface area (Å²) in [5.74, 6) is 1.20. The predicted octanol–water partition coefficient (Wildman–Crippen LogP) is 2.50. The average molecular weight is 342 g/mol. The Morgan fingerprint density at radius 1 is 1.17 bits per heavy atom. The number of para-hydroxylation sites is 1. The van der Waals surface area contributed by atoms with Gasteiger partial charge in [-0.2, -0.15) is 4.68 Å². The van der Waals surface area contributed by atoms with Gasteiger partial charge in [0.15, 0.2) is 0 Å². The molecule has 0 saturated heterocycles. The molecule has 0 aliphatic rings. The Kier molecular flexibility index (Phi) is 5.45. The van der Waals surface area contributed by atoms with E-state index >= 15 is 0 Å². The van der Waals surface area contributed by atoms with Crippen LogP contribution >= 0.6 is 11.8 Å². The lowest BCUT2D eigenvalue weighted by Gasteiger charge is -2.12. The van der Waals surface area contributed by atoms with E-state index in [9.17, 15) is 5.11 Å². The van der Waals surface area contributed by atoms with E-state index < -0.39 is 6.10 Å². The summed E-state index contributed by atoms with van der Waals surface area (Å²) in [7, 11) is 0. The quantitative estimate of drug-likeness (QED) is 0.665. The van der Waals surface area contributed by atoms with Crippen LogP contribution < -0.4 is 4.74 Å². The van der Waals surface area contributed by atoms with Crippen LogP contribution in [0.15, 0.2) is 59.8 Å². The molecule has 0 saturated carbocycles. The maximum absolute atomic E-state index is 10.1. The van der Waals surface area contributed by atoms with E-state index in [4.69, 9.17) is 4.74 Å². The Morgan fingerprint density at radius 3 is 2.79 bits per heavy atom. The molecule has 1 aromatic heterocycles. The maximum atomic E-state index is 10.1. The van der Waals surface area contributed by atoms with E-state index in [0.717, 1.165) is 17.0 Å². The minimum absolute atomic E-state index is 0.226. The summed E-state index contributed by atoms with van der Waals surface area (Å²) in [6.45, 7) is 2.23. The second kappa shape index (κ2) is 7.94. The maximum Gasteiger partial charge on any atom is 0.214 e. The molecule has 2 aromatic carbocycles. The molecule has 0 unspecified atom stereocenters. The number of aliphatic hydroxyl groups excluding tert-OH is 1. The predicted molar refractivity (Wildman–Crippen MR) is 92.6 cm³/mol. The fourth-order valence-electron chi connectivity index (χ4n) is 2.12. The topological polar surface area (TPSA) is 73.1 Å². The van der Waals surface area contributed by atoms with Crippen molar-refractivity contribution in [2.45, 2.75) is 18.2 Å². The Labute approximate surface area is 144 Å². The van der Waals surface area contributed by atoms with Gasteiger partial charge in [-0.05, 0) is 47.2 Å². The Morgan fingerprint density at radius 2 is 2.00 bits per heavy atom. The van der Waals surface area contributed by atoms with E-state index in [-0.39, 0.29) is 6.61 Å². The van der Waals surface area contributed by atoms with E-state index in [1.807, 2.05) is 61.5 Å². The van der Waals surface area contributed by atoms with Gasteiger partial charge in [0, 0.05) is 5.75 Å². The number of ether oxygens (including phenoxy) is 1. The minimum atomic E-state index is -0.614. The van der Waals surface area contributed by atoms with E-state index in [1.165, 1.54) is 11.8 Å². The van der Waals surface area contributed by atoms with Crippen molar-refractivity contribution in [3.05, 3.63) is 60.2 Å². The summed E-state index contributed by atoms with van der Waals surface area (Å²) in [5, 5.41) is 22.5. The number of hydrogen-bond acceptors (Lipinski definition) is 6. The van der Waals surface area contributed by atoms with E-state index in [2.05, 4.69) is 15.5 Å². The summed E-state index contributed by atoms with van der Waals surface area (Å²) >= 11 is 1.39. The van der Waals surface area contributed by atoms with Gasteiger partial charge in [0.2, 0.25) is 5.16 Å². The summed E-state index contributed by atoms with van der Waals surface area (Å²) in [5.41, 5.74) is 2.01. The molecule has 1 heterocycles. The first kappa shape index (κ1) is 16.5. The number of aromatic nitrogens is 4. The van der Waals surface area contributed by atoms with Crippen LogP contribution in [0.3, 0.4) is 0 Å². The molecule has 0 aliphatic carbocycles. The van der Waals surface area contributed by atoms with Gasteiger partial charge in [-0.15, -0.1) is 5.10 Å². The molecular weight excluding hydrogens is 324 g/mol. The highest BCUT2D eigenvalue weighted by atomic mass is 32.2. The molecule has 0 radical (unpaired) electrons. The van der Waals surface area contributed by atoms with Crippen LogP contribution in [0.1, 0.15) is 5.56 Å². The SMILES string of the molecule is Cc1cccc(OC[C@@H](O)CSc2nnnn2-c2ccccc2)c1. The van der Waals surface area contributed by atoms with Gasteiger partial charge in [0.25, 0.3) is 0 Å². The van der Waals surface area contributed by atoms with Gasteiger partial charge in [0.05, 0.1) is 11.8 Å². The van der Waals surface area contributed by atoms with Gasteiger partial charge in [-0.1, -0.05) is 42.1 Å². The zero-order valence-corrected chi connectivity index (χ0v) is 14.1. The molecule has 3 rings (SSSR count). The monoisotopic (exact) mass is 342 g/mol. The lowest BCUT2D eigenvalue weighted by atomic mass is 10.2. The molecule has 1 N–H and O–H groups in total. The number of hydrogen-bond donors (Lipinski definition) is 1. The summed E-state index contributed by atoms with van der Waals surface area (Å²) in [6, 6.07) is 17.4. The van der Waals surface area contributed by atoms with Gasteiger partial charge in [-0.25, -0.2) is 0 Å². The molecule has 0 spiro atoms. The molecule has 124 valence electrons. The van der Waals surface area contributed by atoms with Crippen molar-refractivity contribution in [3.8, 4) is 11.4 Å². The zero-order valence-electron chi connectivity index (χ0n) is 13.2. The van der Waals surface area contributed by atoms with Gasteiger partial charge < -0.3 is 9.84 Å². The highest BCUT2D eigenvalue weighted by Crippen LogP contribution is 2.19. The molecule has 3 aromatic rings.